The van der Waals surface area contributed by atoms with Gasteiger partial charge in [0, 0.05) is 16.5 Å². The lowest BCUT2D eigenvalue weighted by Crippen LogP contribution is -1.97. The zero-order valence-electron chi connectivity index (χ0n) is 16.8. The second-order valence-electron chi connectivity index (χ2n) is 7.47. The van der Waals surface area contributed by atoms with Gasteiger partial charge in [0.1, 0.15) is 0 Å². The lowest BCUT2D eigenvalue weighted by molar-refractivity contribution is 0.107. The van der Waals surface area contributed by atoms with E-state index >= 15 is 0 Å². The first-order valence-corrected chi connectivity index (χ1v) is 10.2. The lowest BCUT2D eigenvalue weighted by Gasteiger charge is -2.10. The topological polar surface area (TPSA) is 14.2 Å². The summed E-state index contributed by atoms with van der Waals surface area (Å²) < 4.78 is 8.25. The van der Waals surface area contributed by atoms with E-state index in [1.54, 1.807) is 0 Å². The van der Waals surface area contributed by atoms with Gasteiger partial charge in [-0.15, -0.1) is 0 Å². The smallest absolute Gasteiger partial charge is 0.0721 e. The number of hydrogen-bond donors (Lipinski definition) is 0. The van der Waals surface area contributed by atoms with Crippen molar-refractivity contribution in [3.63, 3.8) is 0 Å². The number of benzene rings is 4. The molecule has 0 fully saturated rings. The number of hydrogen-bond acceptors (Lipinski definition) is 1. The number of nitrogens with zero attached hydrogens (tertiary/aromatic N) is 1. The van der Waals surface area contributed by atoms with E-state index in [4.69, 9.17) is 4.74 Å². The Labute approximate surface area is 176 Å². The molecular weight excluding hydrogens is 366 g/mol. The van der Waals surface area contributed by atoms with E-state index in [9.17, 15) is 0 Å². The largest absolute Gasteiger partial charge is 0.372 e. The second-order valence-corrected chi connectivity index (χ2v) is 7.47. The molecule has 0 radical (unpaired) electrons. The minimum atomic E-state index is 0.594. The van der Waals surface area contributed by atoms with Crippen molar-refractivity contribution in [1.29, 1.82) is 0 Å². The van der Waals surface area contributed by atoms with Crippen LogP contribution >= 0.6 is 0 Å². The van der Waals surface area contributed by atoms with Crippen molar-refractivity contribution in [3.8, 4) is 5.69 Å². The molecule has 0 aliphatic rings. The Morgan fingerprint density at radius 2 is 1.13 bits per heavy atom. The number of para-hydroxylation sites is 2. The van der Waals surface area contributed by atoms with E-state index in [2.05, 4.69) is 108 Å². The molecule has 0 aliphatic carbocycles. The van der Waals surface area contributed by atoms with Gasteiger partial charge in [-0.3, -0.25) is 0 Å². The molecule has 1 heterocycles. The first-order chi connectivity index (χ1) is 14.8. The van der Waals surface area contributed by atoms with E-state index in [1.807, 2.05) is 6.08 Å². The molecule has 0 spiro atoms. The Bertz CT molecular complexity index is 1260. The average molecular weight is 389 g/mol. The number of ether oxygens (including phenoxy) is 1. The Hall–Kier alpha value is -3.62. The molecule has 0 unspecified atom stereocenters. The lowest BCUT2D eigenvalue weighted by atomic mass is 10.1. The molecule has 0 saturated carbocycles. The van der Waals surface area contributed by atoms with Crippen molar-refractivity contribution >= 4 is 27.9 Å². The van der Waals surface area contributed by atoms with Gasteiger partial charge >= 0.3 is 0 Å². The maximum absolute atomic E-state index is 5.92. The van der Waals surface area contributed by atoms with Crippen LogP contribution in [0, 0.1) is 0 Å². The van der Waals surface area contributed by atoms with Crippen LogP contribution in [0.4, 0.5) is 0 Å². The highest BCUT2D eigenvalue weighted by molar-refractivity contribution is 6.09. The van der Waals surface area contributed by atoms with Gasteiger partial charge in [-0.25, -0.2) is 0 Å². The number of fused-ring (bicyclic) bond motifs is 3. The number of aromatic nitrogens is 1. The van der Waals surface area contributed by atoms with Gasteiger partial charge in [-0.1, -0.05) is 85.5 Å². The van der Waals surface area contributed by atoms with Crippen molar-refractivity contribution in [2.24, 2.45) is 0 Å². The van der Waals surface area contributed by atoms with Crippen molar-refractivity contribution in [2.45, 2.75) is 13.2 Å². The number of rotatable bonds is 6. The first kappa shape index (κ1) is 18.4. The highest BCUT2D eigenvalue weighted by atomic mass is 16.5. The summed E-state index contributed by atoms with van der Waals surface area (Å²) in [5, 5.41) is 2.56. The summed E-state index contributed by atoms with van der Waals surface area (Å²) in [4.78, 5) is 0. The van der Waals surface area contributed by atoms with Gasteiger partial charge in [0.2, 0.25) is 0 Å². The fourth-order valence-corrected chi connectivity index (χ4v) is 3.98. The van der Waals surface area contributed by atoms with Gasteiger partial charge < -0.3 is 9.30 Å². The normalized spacial score (nSPS) is 11.2. The Kier molecular flexibility index (Phi) is 4.92. The summed E-state index contributed by atoms with van der Waals surface area (Å²) in [7, 11) is 0. The summed E-state index contributed by atoms with van der Waals surface area (Å²) in [5.74, 6) is 0. The van der Waals surface area contributed by atoms with Crippen molar-refractivity contribution in [2.75, 3.05) is 0 Å². The predicted molar refractivity (Wildman–Crippen MR) is 126 cm³/mol. The van der Waals surface area contributed by atoms with E-state index in [1.165, 1.54) is 32.9 Å². The quantitative estimate of drug-likeness (QED) is 0.301. The Balaban J connectivity index is 1.36. The van der Waals surface area contributed by atoms with E-state index in [0.29, 0.717) is 13.2 Å². The van der Waals surface area contributed by atoms with E-state index in [-0.39, 0.29) is 0 Å². The predicted octanol–water partition coefficient (Wildman–Crippen LogP) is 7.14. The molecule has 0 bridgehead atoms. The van der Waals surface area contributed by atoms with Crippen LogP contribution in [0.2, 0.25) is 0 Å². The molecule has 0 amide bonds. The molecule has 2 heteroatoms. The third-order valence-corrected chi connectivity index (χ3v) is 5.53. The Morgan fingerprint density at radius 3 is 1.67 bits per heavy atom. The zero-order chi connectivity index (χ0) is 20.3. The third-order valence-electron chi connectivity index (χ3n) is 5.53. The van der Waals surface area contributed by atoms with Crippen molar-refractivity contribution in [1.82, 2.24) is 4.57 Å². The van der Waals surface area contributed by atoms with Gasteiger partial charge in [-0.05, 0) is 41.0 Å². The van der Waals surface area contributed by atoms with Crippen LogP contribution in [0.5, 0.6) is 0 Å². The second kappa shape index (κ2) is 8.02. The van der Waals surface area contributed by atoms with Crippen molar-refractivity contribution in [3.05, 3.63) is 120 Å². The molecule has 4 aromatic carbocycles. The van der Waals surface area contributed by atoms with Crippen molar-refractivity contribution < 1.29 is 4.74 Å². The molecule has 1 aromatic heterocycles. The summed E-state index contributed by atoms with van der Waals surface area (Å²) in [5.41, 5.74) is 7.08. The van der Waals surface area contributed by atoms with E-state index in [0.717, 1.165) is 11.3 Å². The molecule has 2 nitrogen and oxygen atoms in total. The fraction of sp³-hybridized carbons (Fsp3) is 0.0714. The summed E-state index contributed by atoms with van der Waals surface area (Å²) in [6.45, 7) is 4.99. The maximum Gasteiger partial charge on any atom is 0.0721 e. The monoisotopic (exact) mass is 389 g/mol. The molecule has 0 saturated heterocycles. The molecule has 5 aromatic rings. The standard InChI is InChI=1S/C28H23NO/c1-2-21-11-13-22(14-12-21)19-30-20-23-15-17-24(18-16-23)29-27-9-5-3-7-25(27)26-8-4-6-10-28(26)29/h2-18H,1,19-20H2. The zero-order valence-corrected chi connectivity index (χ0v) is 16.8. The van der Waals surface area contributed by atoms with Crippen LogP contribution in [-0.2, 0) is 18.0 Å². The SMILES string of the molecule is C=Cc1ccc(COCc2ccc(-n3c4ccccc4c4ccccc43)cc2)cc1. The first-order valence-electron chi connectivity index (χ1n) is 10.2. The van der Waals surface area contributed by atoms with Gasteiger partial charge in [0.25, 0.3) is 0 Å². The van der Waals surface area contributed by atoms with Crippen LogP contribution in [-0.4, -0.2) is 4.57 Å². The average Bonchev–Trinajstić information content (AvgIpc) is 3.15. The van der Waals surface area contributed by atoms with Crippen LogP contribution in [0.25, 0.3) is 33.6 Å². The van der Waals surface area contributed by atoms with Gasteiger partial charge in [0.15, 0.2) is 0 Å². The molecule has 0 atom stereocenters. The van der Waals surface area contributed by atoms with Crippen LogP contribution < -0.4 is 0 Å². The minimum Gasteiger partial charge on any atom is -0.372 e. The van der Waals surface area contributed by atoms with E-state index < -0.39 is 0 Å². The minimum absolute atomic E-state index is 0.594. The van der Waals surface area contributed by atoms with Crippen LogP contribution in [0.15, 0.2) is 104 Å². The fourth-order valence-electron chi connectivity index (χ4n) is 3.98. The molecule has 5 rings (SSSR count). The maximum atomic E-state index is 5.92. The summed E-state index contributed by atoms with van der Waals surface area (Å²) in [6, 6.07) is 34.1. The summed E-state index contributed by atoms with van der Waals surface area (Å²) >= 11 is 0. The third kappa shape index (κ3) is 3.42. The van der Waals surface area contributed by atoms with Gasteiger partial charge in [-0.2, -0.15) is 0 Å². The molecule has 30 heavy (non-hydrogen) atoms. The molecule has 0 N–H and O–H groups in total. The highest BCUT2D eigenvalue weighted by Crippen LogP contribution is 2.31. The Morgan fingerprint density at radius 1 is 0.633 bits per heavy atom. The van der Waals surface area contributed by atoms with Gasteiger partial charge in [0.05, 0.1) is 24.2 Å². The summed E-state index contributed by atoms with van der Waals surface area (Å²) in [6.07, 6.45) is 1.85. The highest BCUT2D eigenvalue weighted by Gasteiger charge is 2.11. The van der Waals surface area contributed by atoms with Crippen LogP contribution in [0.3, 0.4) is 0 Å². The molecule has 146 valence electrons. The molecule has 0 aliphatic heterocycles. The molecular formula is C28H23NO. The van der Waals surface area contributed by atoms with Crippen LogP contribution in [0.1, 0.15) is 16.7 Å².